The molecule has 2 fully saturated rings. The Kier molecular flexibility index (Phi) is 4.87. The van der Waals surface area contributed by atoms with Crippen molar-refractivity contribution in [3.8, 4) is 0 Å². The molecule has 3 heterocycles. The number of benzene rings is 1. The minimum absolute atomic E-state index is 0.0282. The van der Waals surface area contributed by atoms with E-state index in [1.54, 1.807) is 0 Å². The number of nitrogens with zero attached hydrogens (tertiary/aromatic N) is 2. The average Bonchev–Trinajstić information content (AvgIpc) is 3.15. The Bertz CT molecular complexity index is 868. The van der Waals surface area contributed by atoms with E-state index in [2.05, 4.69) is 15.1 Å². The minimum Gasteiger partial charge on any atom is -0.379 e. The number of rotatable bonds is 6. The molecule has 12 heteroatoms. The summed E-state index contributed by atoms with van der Waals surface area (Å²) >= 11 is 0. The molecule has 4 rings (SSSR count). The molecular formula is C16H20N4O7S. The lowest BCUT2D eigenvalue weighted by atomic mass is 10.0. The Hall–Kier alpha value is -2.41. The molecule has 1 aromatic carbocycles. The number of urea groups is 1. The highest BCUT2D eigenvalue weighted by atomic mass is 32.3. The molecule has 0 aliphatic carbocycles. The Morgan fingerprint density at radius 2 is 2.11 bits per heavy atom. The first-order valence-electron chi connectivity index (χ1n) is 8.85. The first-order valence-corrected chi connectivity index (χ1v) is 10.2. The van der Waals surface area contributed by atoms with Crippen molar-refractivity contribution in [3.05, 3.63) is 29.8 Å². The molecular weight excluding hydrogens is 392 g/mol. The molecule has 3 amide bonds. The lowest BCUT2D eigenvalue weighted by Gasteiger charge is -2.29. The van der Waals surface area contributed by atoms with Crippen LogP contribution in [0.3, 0.4) is 0 Å². The molecule has 3 aliphatic rings. The maximum absolute atomic E-state index is 12.4. The van der Waals surface area contributed by atoms with Gasteiger partial charge in [0.25, 0.3) is 5.91 Å². The highest BCUT2D eigenvalue weighted by Gasteiger charge is 2.49. The number of nitrogens with one attached hydrogen (secondary N) is 2. The fourth-order valence-corrected chi connectivity index (χ4v) is 4.25. The smallest absolute Gasteiger partial charge is 0.379 e. The van der Waals surface area contributed by atoms with Gasteiger partial charge in [0.05, 0.1) is 18.7 Å². The van der Waals surface area contributed by atoms with Crippen LogP contribution in [0.15, 0.2) is 24.3 Å². The van der Waals surface area contributed by atoms with Crippen molar-refractivity contribution in [1.82, 2.24) is 15.4 Å². The van der Waals surface area contributed by atoms with E-state index in [4.69, 9.17) is 9.39 Å². The Balaban J connectivity index is 1.28. The van der Waals surface area contributed by atoms with Gasteiger partial charge in [-0.3, -0.25) is 14.2 Å². The van der Waals surface area contributed by atoms with Crippen LogP contribution < -0.4 is 10.8 Å². The standard InChI is InChI=1S/C16H20N4O7S/c21-15(18-26-9-11-7-10-3-1-2-4-13(10)17-11)14-6-5-12-8-19(14)16(22)20(12)27-28(23,24)25/h1-4,11-12,14,17H,5-9H2,(H,18,21)(H,23,24,25)/t11?,12-,14+/m1/s1. The molecule has 11 nitrogen and oxygen atoms in total. The van der Waals surface area contributed by atoms with E-state index in [0.717, 1.165) is 12.1 Å². The quantitative estimate of drug-likeness (QED) is 0.441. The van der Waals surface area contributed by atoms with Crippen LogP contribution in [0.2, 0.25) is 0 Å². The van der Waals surface area contributed by atoms with Crippen molar-refractivity contribution in [2.45, 2.75) is 37.4 Å². The van der Waals surface area contributed by atoms with E-state index in [-0.39, 0.29) is 19.2 Å². The maximum atomic E-state index is 12.4. The van der Waals surface area contributed by atoms with Crippen molar-refractivity contribution in [1.29, 1.82) is 0 Å². The second-order valence-corrected chi connectivity index (χ2v) is 7.99. The summed E-state index contributed by atoms with van der Waals surface area (Å²) in [5.41, 5.74) is 4.60. The summed E-state index contributed by atoms with van der Waals surface area (Å²) in [4.78, 5) is 31.3. The van der Waals surface area contributed by atoms with Gasteiger partial charge in [0.1, 0.15) is 6.04 Å². The number of hydrogen-bond acceptors (Lipinski definition) is 7. The topological polar surface area (TPSA) is 138 Å². The number of amides is 3. The van der Waals surface area contributed by atoms with Gasteiger partial charge in [-0.05, 0) is 30.9 Å². The van der Waals surface area contributed by atoms with Gasteiger partial charge in [-0.25, -0.2) is 10.3 Å². The van der Waals surface area contributed by atoms with Crippen LogP contribution in [0.1, 0.15) is 18.4 Å². The molecule has 0 spiro atoms. The number of carbonyl (C=O) groups excluding carboxylic acids is 2. The number of fused-ring (bicyclic) bond motifs is 3. The minimum atomic E-state index is -4.82. The number of piperidine rings is 1. The van der Waals surface area contributed by atoms with E-state index in [1.165, 1.54) is 10.5 Å². The molecule has 3 aliphatic heterocycles. The predicted octanol–water partition coefficient (Wildman–Crippen LogP) is 0.0740. The Morgan fingerprint density at radius 3 is 2.86 bits per heavy atom. The van der Waals surface area contributed by atoms with E-state index in [9.17, 15) is 18.0 Å². The summed E-state index contributed by atoms with van der Waals surface area (Å²) in [6.45, 7) is 0.383. The molecule has 1 unspecified atom stereocenters. The number of anilines is 1. The van der Waals surface area contributed by atoms with Crippen molar-refractivity contribution >= 4 is 28.0 Å². The monoisotopic (exact) mass is 412 g/mol. The Labute approximate surface area is 161 Å². The van der Waals surface area contributed by atoms with Crippen LogP contribution in [0, 0.1) is 0 Å². The van der Waals surface area contributed by atoms with Crippen LogP contribution >= 0.6 is 0 Å². The van der Waals surface area contributed by atoms with Gasteiger partial charge < -0.3 is 10.2 Å². The average molecular weight is 412 g/mol. The molecule has 3 N–H and O–H groups in total. The SMILES string of the molecule is O=C(NOCC1Cc2ccccc2N1)[C@@H]1CC[C@@H]2CN1C(=O)N2OS(=O)(=O)O. The van der Waals surface area contributed by atoms with Gasteiger partial charge >= 0.3 is 16.4 Å². The second-order valence-electron chi connectivity index (χ2n) is 6.99. The lowest BCUT2D eigenvalue weighted by Crippen LogP contribution is -2.50. The zero-order valence-corrected chi connectivity index (χ0v) is 15.6. The zero-order valence-electron chi connectivity index (χ0n) is 14.8. The largest absolute Gasteiger partial charge is 0.418 e. The molecule has 28 heavy (non-hydrogen) atoms. The van der Waals surface area contributed by atoms with Crippen LogP contribution in [-0.4, -0.2) is 66.1 Å². The first-order chi connectivity index (χ1) is 13.3. The van der Waals surface area contributed by atoms with E-state index in [0.29, 0.717) is 17.9 Å². The molecule has 3 atom stereocenters. The molecule has 1 aromatic rings. The molecule has 0 saturated carbocycles. The fourth-order valence-electron chi connectivity index (χ4n) is 3.86. The number of hydrogen-bond donors (Lipinski definition) is 3. The first kappa shape index (κ1) is 18.9. The van der Waals surface area contributed by atoms with E-state index in [1.807, 2.05) is 24.3 Å². The third kappa shape index (κ3) is 3.76. The fraction of sp³-hybridized carbons (Fsp3) is 0.500. The third-order valence-electron chi connectivity index (χ3n) is 5.10. The van der Waals surface area contributed by atoms with E-state index >= 15 is 0 Å². The molecule has 2 saturated heterocycles. The van der Waals surface area contributed by atoms with Crippen LogP contribution in [0.4, 0.5) is 10.5 Å². The highest BCUT2D eigenvalue weighted by molar-refractivity contribution is 7.80. The van der Waals surface area contributed by atoms with Gasteiger partial charge in [-0.15, -0.1) is 4.28 Å². The zero-order chi connectivity index (χ0) is 19.9. The maximum Gasteiger partial charge on any atom is 0.418 e. The molecule has 0 radical (unpaired) electrons. The van der Waals surface area contributed by atoms with Crippen molar-refractivity contribution < 1.29 is 31.7 Å². The van der Waals surface area contributed by atoms with Crippen molar-refractivity contribution in [3.63, 3.8) is 0 Å². The van der Waals surface area contributed by atoms with Gasteiger partial charge in [-0.2, -0.15) is 13.5 Å². The van der Waals surface area contributed by atoms with Crippen LogP contribution in [0.25, 0.3) is 0 Å². The summed E-state index contributed by atoms with van der Waals surface area (Å²) in [5, 5.41) is 3.90. The predicted molar refractivity (Wildman–Crippen MR) is 95.0 cm³/mol. The summed E-state index contributed by atoms with van der Waals surface area (Å²) in [6, 6.07) is 5.81. The summed E-state index contributed by atoms with van der Waals surface area (Å²) < 4.78 is 34.9. The molecule has 2 bridgehead atoms. The molecule has 152 valence electrons. The van der Waals surface area contributed by atoms with Gasteiger partial charge in [-0.1, -0.05) is 18.2 Å². The second kappa shape index (κ2) is 7.20. The summed E-state index contributed by atoms with van der Waals surface area (Å²) in [6.07, 6.45) is 1.46. The van der Waals surface area contributed by atoms with E-state index < -0.39 is 34.4 Å². The van der Waals surface area contributed by atoms with Gasteiger partial charge in [0, 0.05) is 12.2 Å². The molecule has 0 aromatic heterocycles. The summed E-state index contributed by atoms with van der Waals surface area (Å²) in [5.74, 6) is -0.490. The van der Waals surface area contributed by atoms with Gasteiger partial charge in [0.15, 0.2) is 0 Å². The Morgan fingerprint density at radius 1 is 1.32 bits per heavy atom. The van der Waals surface area contributed by atoms with Crippen LogP contribution in [-0.2, 0) is 30.7 Å². The highest BCUT2D eigenvalue weighted by Crippen LogP contribution is 2.30. The van der Waals surface area contributed by atoms with Gasteiger partial charge in [0.2, 0.25) is 0 Å². The lowest BCUT2D eigenvalue weighted by molar-refractivity contribution is -0.139. The normalized spacial score (nSPS) is 26.2. The number of carbonyl (C=O) groups is 2. The van der Waals surface area contributed by atoms with Crippen molar-refractivity contribution in [2.75, 3.05) is 18.5 Å². The number of para-hydroxylation sites is 1. The third-order valence-corrected chi connectivity index (χ3v) is 5.45. The number of hydroxylamine groups is 3. The summed E-state index contributed by atoms with van der Waals surface area (Å²) in [7, 11) is -4.82. The van der Waals surface area contributed by atoms with Crippen LogP contribution in [0.5, 0.6) is 0 Å². The van der Waals surface area contributed by atoms with Crippen molar-refractivity contribution in [2.24, 2.45) is 0 Å².